The average Bonchev–Trinajstić information content (AvgIpc) is 2.96. The van der Waals surface area contributed by atoms with Crippen LogP contribution in [0, 0.1) is 5.82 Å². The molecule has 0 aromatic heterocycles. The fourth-order valence-corrected chi connectivity index (χ4v) is 2.67. The molecule has 1 fully saturated rings. The SMILES string of the molecule is C[C@@H](NC(=O)C(C)(C)N1CCCC1)c1ccc(O)c(F)c1. The van der Waals surface area contributed by atoms with Crippen molar-refractivity contribution in [1.29, 1.82) is 0 Å². The smallest absolute Gasteiger partial charge is 0.240 e. The predicted molar refractivity (Wildman–Crippen MR) is 79.5 cm³/mol. The lowest BCUT2D eigenvalue weighted by molar-refractivity contribution is -0.131. The van der Waals surface area contributed by atoms with Crippen LogP contribution in [-0.2, 0) is 4.79 Å². The van der Waals surface area contributed by atoms with Gasteiger partial charge in [0.2, 0.25) is 5.91 Å². The zero-order chi connectivity index (χ0) is 15.6. The Morgan fingerprint density at radius 2 is 2.00 bits per heavy atom. The van der Waals surface area contributed by atoms with Crippen molar-refractivity contribution in [3.8, 4) is 5.75 Å². The molecule has 2 rings (SSSR count). The molecule has 4 nitrogen and oxygen atoms in total. The van der Waals surface area contributed by atoms with E-state index in [-0.39, 0.29) is 17.7 Å². The third kappa shape index (κ3) is 3.35. The van der Waals surface area contributed by atoms with Gasteiger partial charge in [-0.3, -0.25) is 9.69 Å². The molecule has 0 saturated carbocycles. The van der Waals surface area contributed by atoms with E-state index in [1.807, 2.05) is 20.8 Å². The number of nitrogens with one attached hydrogen (secondary N) is 1. The van der Waals surface area contributed by atoms with Gasteiger partial charge in [-0.25, -0.2) is 4.39 Å². The van der Waals surface area contributed by atoms with Gasteiger partial charge in [0.1, 0.15) is 0 Å². The van der Waals surface area contributed by atoms with Gasteiger partial charge in [0.05, 0.1) is 11.6 Å². The Hall–Kier alpha value is -1.62. The molecule has 0 unspecified atom stereocenters. The van der Waals surface area contributed by atoms with E-state index in [4.69, 9.17) is 0 Å². The molecular formula is C16H23FN2O2. The second kappa shape index (κ2) is 6.02. The van der Waals surface area contributed by atoms with E-state index in [1.165, 1.54) is 12.1 Å². The Balaban J connectivity index is 2.05. The summed E-state index contributed by atoms with van der Waals surface area (Å²) in [6.07, 6.45) is 2.24. The molecule has 1 aromatic rings. The van der Waals surface area contributed by atoms with Gasteiger partial charge in [0, 0.05) is 0 Å². The number of phenols is 1. The van der Waals surface area contributed by atoms with Crippen molar-refractivity contribution in [3.05, 3.63) is 29.6 Å². The lowest BCUT2D eigenvalue weighted by atomic mass is 10.0. The Labute approximate surface area is 125 Å². The molecule has 0 bridgehead atoms. The van der Waals surface area contributed by atoms with Crippen molar-refractivity contribution in [2.24, 2.45) is 0 Å². The van der Waals surface area contributed by atoms with Crippen LogP contribution in [-0.4, -0.2) is 34.5 Å². The highest BCUT2D eigenvalue weighted by Crippen LogP contribution is 2.24. The summed E-state index contributed by atoms with van der Waals surface area (Å²) in [6, 6.07) is 3.86. The summed E-state index contributed by atoms with van der Waals surface area (Å²) in [6.45, 7) is 7.50. The minimum absolute atomic E-state index is 0.0645. The molecule has 1 atom stereocenters. The molecule has 0 radical (unpaired) electrons. The molecule has 2 N–H and O–H groups in total. The third-order valence-electron chi connectivity index (χ3n) is 4.27. The second-order valence-electron chi connectivity index (χ2n) is 6.16. The van der Waals surface area contributed by atoms with E-state index in [0.29, 0.717) is 5.56 Å². The standard InChI is InChI=1S/C16H23FN2O2/c1-11(12-6-7-14(20)13(17)10-12)18-15(21)16(2,3)19-8-4-5-9-19/h6-7,10-11,20H,4-5,8-9H2,1-3H3,(H,18,21)/t11-/m1/s1. The number of likely N-dealkylation sites (tertiary alicyclic amines) is 1. The molecule has 0 aliphatic carbocycles. The van der Waals surface area contributed by atoms with E-state index in [9.17, 15) is 14.3 Å². The first kappa shape index (κ1) is 15.8. The number of hydrogen-bond donors (Lipinski definition) is 2. The van der Waals surface area contributed by atoms with E-state index >= 15 is 0 Å². The summed E-state index contributed by atoms with van der Waals surface area (Å²) in [4.78, 5) is 14.7. The van der Waals surface area contributed by atoms with E-state index < -0.39 is 11.4 Å². The summed E-state index contributed by atoms with van der Waals surface area (Å²) in [5, 5.41) is 12.1. The highest BCUT2D eigenvalue weighted by Gasteiger charge is 2.36. The van der Waals surface area contributed by atoms with Gasteiger partial charge in [0.25, 0.3) is 0 Å². The maximum atomic E-state index is 13.4. The molecule has 0 spiro atoms. The number of carbonyl (C=O) groups is 1. The molecular weight excluding hydrogens is 271 g/mol. The van der Waals surface area contributed by atoms with Crippen LogP contribution in [0.3, 0.4) is 0 Å². The molecule has 116 valence electrons. The number of hydrogen-bond acceptors (Lipinski definition) is 3. The molecule has 1 aromatic carbocycles. The highest BCUT2D eigenvalue weighted by atomic mass is 19.1. The maximum absolute atomic E-state index is 13.4. The monoisotopic (exact) mass is 294 g/mol. The van der Waals surface area contributed by atoms with Crippen LogP contribution >= 0.6 is 0 Å². The topological polar surface area (TPSA) is 52.6 Å². The van der Waals surface area contributed by atoms with Crippen LogP contribution in [0.4, 0.5) is 4.39 Å². The summed E-state index contributed by atoms with van der Waals surface area (Å²) < 4.78 is 13.4. The quantitative estimate of drug-likeness (QED) is 0.897. The van der Waals surface area contributed by atoms with Gasteiger partial charge >= 0.3 is 0 Å². The molecule has 21 heavy (non-hydrogen) atoms. The van der Waals surface area contributed by atoms with Gasteiger partial charge in [-0.2, -0.15) is 0 Å². The fraction of sp³-hybridized carbons (Fsp3) is 0.562. The van der Waals surface area contributed by atoms with Crippen LogP contribution in [0.15, 0.2) is 18.2 Å². The zero-order valence-corrected chi connectivity index (χ0v) is 12.8. The van der Waals surface area contributed by atoms with Gasteiger partial charge in [0.15, 0.2) is 11.6 Å². The number of benzene rings is 1. The van der Waals surface area contributed by atoms with Gasteiger partial charge in [-0.15, -0.1) is 0 Å². The minimum atomic E-state index is -0.674. The molecule has 1 heterocycles. The maximum Gasteiger partial charge on any atom is 0.240 e. The second-order valence-corrected chi connectivity index (χ2v) is 6.16. The van der Waals surface area contributed by atoms with E-state index in [2.05, 4.69) is 10.2 Å². The van der Waals surface area contributed by atoms with Crippen LogP contribution in [0.2, 0.25) is 0 Å². The Bertz CT molecular complexity index is 525. The van der Waals surface area contributed by atoms with Crippen molar-refractivity contribution < 1.29 is 14.3 Å². The largest absolute Gasteiger partial charge is 0.505 e. The van der Waals surface area contributed by atoms with Crippen LogP contribution < -0.4 is 5.32 Å². The van der Waals surface area contributed by atoms with Crippen LogP contribution in [0.5, 0.6) is 5.75 Å². The molecule has 1 aliphatic heterocycles. The normalized spacial score (nSPS) is 17.7. The van der Waals surface area contributed by atoms with E-state index in [1.54, 1.807) is 6.07 Å². The summed E-state index contributed by atoms with van der Waals surface area (Å²) in [5.41, 5.74) is 0.0658. The first-order valence-electron chi connectivity index (χ1n) is 7.37. The third-order valence-corrected chi connectivity index (χ3v) is 4.27. The Kier molecular flexibility index (Phi) is 4.52. The number of aromatic hydroxyl groups is 1. The Morgan fingerprint density at radius 3 is 2.57 bits per heavy atom. The molecule has 1 saturated heterocycles. The summed E-state index contributed by atoms with van der Waals surface area (Å²) in [5.74, 6) is -1.12. The van der Waals surface area contributed by atoms with Crippen LogP contribution in [0.1, 0.15) is 45.2 Å². The number of rotatable bonds is 4. The molecule has 5 heteroatoms. The van der Waals surface area contributed by atoms with E-state index in [0.717, 1.165) is 25.9 Å². The van der Waals surface area contributed by atoms with Gasteiger partial charge in [-0.05, 0) is 64.4 Å². The van der Waals surface area contributed by atoms with Crippen molar-refractivity contribution in [3.63, 3.8) is 0 Å². The fourth-order valence-electron chi connectivity index (χ4n) is 2.67. The van der Waals surface area contributed by atoms with Crippen LogP contribution in [0.25, 0.3) is 0 Å². The van der Waals surface area contributed by atoms with Crippen molar-refractivity contribution in [2.75, 3.05) is 13.1 Å². The number of phenolic OH excluding ortho intramolecular Hbond substituents is 1. The lowest BCUT2D eigenvalue weighted by Crippen LogP contribution is -2.54. The Morgan fingerprint density at radius 1 is 1.38 bits per heavy atom. The number of carbonyl (C=O) groups excluding carboxylic acids is 1. The number of nitrogens with zero attached hydrogens (tertiary/aromatic N) is 1. The minimum Gasteiger partial charge on any atom is -0.505 e. The van der Waals surface area contributed by atoms with Crippen molar-refractivity contribution in [2.45, 2.75) is 45.2 Å². The summed E-state index contributed by atoms with van der Waals surface area (Å²) in [7, 11) is 0. The first-order chi connectivity index (χ1) is 9.82. The summed E-state index contributed by atoms with van der Waals surface area (Å²) >= 11 is 0. The van der Waals surface area contributed by atoms with Crippen molar-refractivity contribution in [1.82, 2.24) is 10.2 Å². The van der Waals surface area contributed by atoms with Gasteiger partial charge in [-0.1, -0.05) is 6.07 Å². The lowest BCUT2D eigenvalue weighted by Gasteiger charge is -2.34. The number of amides is 1. The predicted octanol–water partition coefficient (Wildman–Crippen LogP) is 2.58. The zero-order valence-electron chi connectivity index (χ0n) is 12.8. The molecule has 1 aliphatic rings. The first-order valence-corrected chi connectivity index (χ1v) is 7.37. The number of halogens is 1. The van der Waals surface area contributed by atoms with Gasteiger partial charge < -0.3 is 10.4 Å². The average molecular weight is 294 g/mol. The van der Waals surface area contributed by atoms with Crippen molar-refractivity contribution >= 4 is 5.91 Å². The molecule has 1 amide bonds. The highest BCUT2D eigenvalue weighted by molar-refractivity contribution is 5.85.